The molecule has 1 aromatic heterocycles. The second-order valence-electron chi connectivity index (χ2n) is 12.4. The van der Waals surface area contributed by atoms with Crippen molar-refractivity contribution >= 4 is 60.2 Å². The molecular weight excluding hydrogens is 555 g/mol. The Hall–Kier alpha value is -5.92. The number of aromatic nitrogens is 1. The van der Waals surface area contributed by atoms with E-state index in [0.717, 1.165) is 6.42 Å². The molecule has 46 heavy (non-hydrogen) atoms. The molecule has 0 unspecified atom stereocenters. The van der Waals surface area contributed by atoms with Gasteiger partial charge in [-0.15, -0.1) is 0 Å². The van der Waals surface area contributed by atoms with Crippen LogP contribution in [0.1, 0.15) is 11.1 Å². The van der Waals surface area contributed by atoms with Gasteiger partial charge >= 0.3 is 0 Å². The van der Waals surface area contributed by atoms with E-state index in [-0.39, 0.29) is 0 Å². The number of rotatable bonds is 3. The van der Waals surface area contributed by atoms with E-state index < -0.39 is 0 Å². The molecule has 1 aliphatic carbocycles. The largest absolute Gasteiger partial charge is 0.309 e. The van der Waals surface area contributed by atoms with E-state index in [9.17, 15) is 0 Å². The van der Waals surface area contributed by atoms with Gasteiger partial charge in [0.15, 0.2) is 0 Å². The summed E-state index contributed by atoms with van der Waals surface area (Å²) < 4.78 is 2.43. The standard InChI is InChI=1S/C45H29N/c1-2-13-31(14-3-1)46-42-23-11-22-40(45(42)44-33-16-5-4-12-29(33)25-27-43(44)46)34-17-7-6-15-32(34)30-24-26-39-36-19-9-8-18-35(36)37-20-10-21-38(37)41(39)28-30/h1-20,22-28H,21H2. The molecule has 214 valence electrons. The van der Waals surface area contributed by atoms with Crippen LogP contribution in [-0.4, -0.2) is 4.57 Å². The topological polar surface area (TPSA) is 4.93 Å². The summed E-state index contributed by atoms with van der Waals surface area (Å²) in [6.07, 6.45) is 5.60. The molecule has 0 bridgehead atoms. The van der Waals surface area contributed by atoms with E-state index in [0.29, 0.717) is 0 Å². The molecule has 9 aromatic rings. The van der Waals surface area contributed by atoms with Crippen LogP contribution in [0.3, 0.4) is 0 Å². The lowest BCUT2D eigenvalue weighted by Gasteiger charge is -2.16. The summed E-state index contributed by atoms with van der Waals surface area (Å²) in [4.78, 5) is 0. The summed E-state index contributed by atoms with van der Waals surface area (Å²) in [5.74, 6) is 0. The van der Waals surface area contributed by atoms with Crippen LogP contribution in [-0.2, 0) is 6.42 Å². The third-order valence-corrected chi connectivity index (χ3v) is 10.0. The van der Waals surface area contributed by atoms with Gasteiger partial charge in [-0.1, -0.05) is 133 Å². The molecule has 0 amide bonds. The van der Waals surface area contributed by atoms with Gasteiger partial charge < -0.3 is 4.57 Å². The van der Waals surface area contributed by atoms with E-state index >= 15 is 0 Å². The molecule has 1 nitrogen and oxygen atoms in total. The Bertz CT molecular complexity index is 2710. The Morgan fingerprint density at radius 2 is 1.13 bits per heavy atom. The van der Waals surface area contributed by atoms with Crippen LogP contribution >= 0.6 is 0 Å². The zero-order chi connectivity index (χ0) is 30.2. The maximum atomic E-state index is 2.44. The lowest BCUT2D eigenvalue weighted by molar-refractivity contribution is 1.18. The van der Waals surface area contributed by atoms with Crippen LogP contribution in [0.2, 0.25) is 0 Å². The first-order valence-electron chi connectivity index (χ1n) is 16.1. The fourth-order valence-corrected chi connectivity index (χ4v) is 8.04. The minimum Gasteiger partial charge on any atom is -0.309 e. The Balaban J connectivity index is 1.28. The van der Waals surface area contributed by atoms with Crippen LogP contribution in [0, 0.1) is 0 Å². The van der Waals surface area contributed by atoms with Gasteiger partial charge in [0.25, 0.3) is 0 Å². The maximum Gasteiger partial charge on any atom is 0.0547 e. The molecule has 10 rings (SSSR count). The van der Waals surface area contributed by atoms with Crippen molar-refractivity contribution in [3.05, 3.63) is 169 Å². The first kappa shape index (κ1) is 25.4. The third-order valence-electron chi connectivity index (χ3n) is 10.0. The minimum atomic E-state index is 0.979. The van der Waals surface area contributed by atoms with Crippen molar-refractivity contribution in [2.75, 3.05) is 0 Å². The Morgan fingerprint density at radius 3 is 2.02 bits per heavy atom. The molecule has 0 spiro atoms. The quantitative estimate of drug-likeness (QED) is 0.182. The summed E-state index contributed by atoms with van der Waals surface area (Å²) in [7, 11) is 0. The normalized spacial score (nSPS) is 12.6. The first-order valence-corrected chi connectivity index (χ1v) is 16.1. The summed E-state index contributed by atoms with van der Waals surface area (Å²) in [5, 5.41) is 10.5. The second-order valence-corrected chi connectivity index (χ2v) is 12.4. The van der Waals surface area contributed by atoms with E-state index in [4.69, 9.17) is 0 Å². The van der Waals surface area contributed by atoms with Gasteiger partial charge in [-0.2, -0.15) is 0 Å². The van der Waals surface area contributed by atoms with Crippen LogP contribution in [0.15, 0.2) is 158 Å². The van der Waals surface area contributed by atoms with Crippen molar-refractivity contribution in [2.24, 2.45) is 0 Å². The van der Waals surface area contributed by atoms with Crippen LogP contribution in [0.5, 0.6) is 0 Å². The van der Waals surface area contributed by atoms with Gasteiger partial charge in [-0.05, 0) is 102 Å². The highest BCUT2D eigenvalue weighted by atomic mass is 15.0. The third kappa shape index (κ3) is 3.57. The highest BCUT2D eigenvalue weighted by Gasteiger charge is 2.21. The summed E-state index contributed by atoms with van der Waals surface area (Å²) in [5.41, 5.74) is 11.5. The Kier molecular flexibility index (Phi) is 5.41. The molecule has 0 N–H and O–H groups in total. The van der Waals surface area contributed by atoms with Crippen molar-refractivity contribution in [1.82, 2.24) is 4.57 Å². The van der Waals surface area contributed by atoms with Gasteiger partial charge in [0.05, 0.1) is 11.0 Å². The zero-order valence-corrected chi connectivity index (χ0v) is 25.2. The van der Waals surface area contributed by atoms with Crippen molar-refractivity contribution in [3.63, 3.8) is 0 Å². The predicted octanol–water partition coefficient (Wildman–Crippen LogP) is 12.1. The maximum absolute atomic E-state index is 2.44. The highest BCUT2D eigenvalue weighted by molar-refractivity contribution is 6.25. The lowest BCUT2D eigenvalue weighted by atomic mass is 9.88. The Morgan fingerprint density at radius 1 is 0.435 bits per heavy atom. The van der Waals surface area contributed by atoms with Crippen molar-refractivity contribution in [2.45, 2.75) is 6.42 Å². The summed E-state index contributed by atoms with van der Waals surface area (Å²) in [6.45, 7) is 0. The molecule has 1 aliphatic rings. The molecule has 1 heterocycles. The SMILES string of the molecule is C1=Cc2c(c3cc(-c4ccccc4-c4cccc5c4c4c6ccccc6ccc4n5-c4ccccc4)ccc3c3ccccc23)C1. The van der Waals surface area contributed by atoms with Gasteiger partial charge in [-0.25, -0.2) is 0 Å². The van der Waals surface area contributed by atoms with Crippen molar-refractivity contribution < 1.29 is 0 Å². The monoisotopic (exact) mass is 583 g/mol. The van der Waals surface area contributed by atoms with Gasteiger partial charge in [0.2, 0.25) is 0 Å². The number of benzene rings is 8. The Labute approximate surface area is 267 Å². The minimum absolute atomic E-state index is 0.979. The first-order chi connectivity index (χ1) is 22.8. The highest BCUT2D eigenvalue weighted by Crippen LogP contribution is 2.45. The molecule has 0 atom stereocenters. The molecular formula is C45H29N. The number of nitrogens with zero attached hydrogens (tertiary/aromatic N) is 1. The number of hydrogen-bond donors (Lipinski definition) is 0. The van der Waals surface area contributed by atoms with Crippen LogP contribution in [0.25, 0.3) is 88.1 Å². The fraction of sp³-hybridized carbons (Fsp3) is 0.0222. The molecule has 0 saturated carbocycles. The van der Waals surface area contributed by atoms with Gasteiger partial charge in [0.1, 0.15) is 0 Å². The van der Waals surface area contributed by atoms with E-state index in [1.807, 2.05) is 0 Å². The van der Waals surface area contributed by atoms with Gasteiger partial charge in [-0.3, -0.25) is 0 Å². The number of hydrogen-bond acceptors (Lipinski definition) is 0. The van der Waals surface area contributed by atoms with Crippen LogP contribution < -0.4 is 0 Å². The number of allylic oxidation sites excluding steroid dienone is 1. The molecule has 0 aliphatic heterocycles. The van der Waals surface area contributed by atoms with Crippen molar-refractivity contribution in [3.8, 4) is 27.9 Å². The van der Waals surface area contributed by atoms with E-state index in [1.54, 1.807) is 0 Å². The molecule has 1 heteroatoms. The number of fused-ring (bicyclic) bond motifs is 11. The average molecular weight is 584 g/mol. The van der Waals surface area contributed by atoms with Crippen LogP contribution in [0.4, 0.5) is 0 Å². The lowest BCUT2D eigenvalue weighted by Crippen LogP contribution is -1.93. The summed E-state index contributed by atoms with van der Waals surface area (Å²) in [6, 6.07) is 55.8. The summed E-state index contributed by atoms with van der Waals surface area (Å²) >= 11 is 0. The molecule has 0 radical (unpaired) electrons. The molecule has 0 fully saturated rings. The average Bonchev–Trinajstić information content (AvgIpc) is 3.76. The molecule has 0 saturated heterocycles. The number of para-hydroxylation sites is 1. The predicted molar refractivity (Wildman–Crippen MR) is 197 cm³/mol. The second kappa shape index (κ2) is 9.79. The van der Waals surface area contributed by atoms with E-state index in [1.165, 1.54) is 93.2 Å². The zero-order valence-electron chi connectivity index (χ0n) is 25.2. The van der Waals surface area contributed by atoms with Gasteiger partial charge in [0, 0.05) is 16.5 Å². The smallest absolute Gasteiger partial charge is 0.0547 e. The fourth-order valence-electron chi connectivity index (χ4n) is 8.04. The molecule has 8 aromatic carbocycles. The van der Waals surface area contributed by atoms with E-state index in [2.05, 4.69) is 168 Å². The van der Waals surface area contributed by atoms with Crippen molar-refractivity contribution in [1.29, 1.82) is 0 Å².